The van der Waals surface area contributed by atoms with E-state index in [4.69, 9.17) is 0 Å². The normalized spacial score (nSPS) is 11.6. The number of phenolic OH excluding ortho intramolecular Hbond substituents is 2. The Kier molecular flexibility index (Phi) is 5.12. The van der Waals surface area contributed by atoms with Crippen LogP contribution in [0.1, 0.15) is 50.3 Å². The first-order valence-corrected chi connectivity index (χ1v) is 7.98. The molecular formula is C20H26O2. The molecule has 0 radical (unpaired) electrons. The number of aromatic hydroxyl groups is 2. The van der Waals surface area contributed by atoms with Gasteiger partial charge < -0.3 is 10.2 Å². The number of benzene rings is 2. The third-order valence-electron chi connectivity index (χ3n) is 4.05. The molecule has 2 N–H and O–H groups in total. The van der Waals surface area contributed by atoms with Crippen molar-refractivity contribution in [1.29, 1.82) is 0 Å². The molecule has 2 aromatic carbocycles. The maximum Gasteiger partial charge on any atom is 0.160 e. The molecule has 2 nitrogen and oxygen atoms in total. The van der Waals surface area contributed by atoms with Crippen molar-refractivity contribution < 1.29 is 10.2 Å². The molecule has 118 valence electrons. The molecule has 2 aromatic rings. The van der Waals surface area contributed by atoms with Gasteiger partial charge in [0.25, 0.3) is 0 Å². The van der Waals surface area contributed by atoms with Crippen LogP contribution in [0, 0.1) is 0 Å². The molecule has 0 unspecified atom stereocenters. The van der Waals surface area contributed by atoms with Crippen LogP contribution in [-0.2, 0) is 18.3 Å². The van der Waals surface area contributed by atoms with Crippen molar-refractivity contribution in [3.63, 3.8) is 0 Å². The lowest BCUT2D eigenvalue weighted by molar-refractivity contribution is 0.395. The molecule has 0 fully saturated rings. The standard InChI is InChI=1S/C20H26O2/c1-20(2,3)17-13-14-18(21)19(22)16(17)12-8-7-11-15-9-5-4-6-10-15/h4-6,9-10,13-14,21-22H,7-8,11-12H2,1-3H3. The summed E-state index contributed by atoms with van der Waals surface area (Å²) in [5, 5.41) is 20.0. The second-order valence-corrected chi connectivity index (χ2v) is 6.90. The summed E-state index contributed by atoms with van der Waals surface area (Å²) >= 11 is 0. The molecule has 0 saturated heterocycles. The molecule has 0 heterocycles. The van der Waals surface area contributed by atoms with E-state index in [1.54, 1.807) is 6.07 Å². The van der Waals surface area contributed by atoms with E-state index < -0.39 is 0 Å². The first kappa shape index (κ1) is 16.4. The van der Waals surface area contributed by atoms with Gasteiger partial charge in [-0.1, -0.05) is 57.2 Å². The Morgan fingerprint density at radius 3 is 2.09 bits per heavy atom. The highest BCUT2D eigenvalue weighted by Gasteiger charge is 2.21. The molecule has 0 aliphatic carbocycles. The topological polar surface area (TPSA) is 40.5 Å². The van der Waals surface area contributed by atoms with E-state index in [2.05, 4.69) is 45.0 Å². The highest BCUT2D eigenvalue weighted by atomic mass is 16.3. The van der Waals surface area contributed by atoms with Crippen LogP contribution in [-0.4, -0.2) is 10.2 Å². The number of hydrogen-bond donors (Lipinski definition) is 2. The monoisotopic (exact) mass is 298 g/mol. The van der Waals surface area contributed by atoms with E-state index in [0.29, 0.717) is 0 Å². The van der Waals surface area contributed by atoms with Crippen molar-refractivity contribution in [2.75, 3.05) is 0 Å². The Labute approximate surface area is 133 Å². The Morgan fingerprint density at radius 1 is 0.818 bits per heavy atom. The predicted molar refractivity (Wildman–Crippen MR) is 91.6 cm³/mol. The van der Waals surface area contributed by atoms with E-state index in [1.165, 1.54) is 5.56 Å². The van der Waals surface area contributed by atoms with Crippen LogP contribution in [0.4, 0.5) is 0 Å². The minimum Gasteiger partial charge on any atom is -0.504 e. The zero-order chi connectivity index (χ0) is 16.2. The molecule has 22 heavy (non-hydrogen) atoms. The average molecular weight is 298 g/mol. The van der Waals surface area contributed by atoms with Gasteiger partial charge in [0.05, 0.1) is 0 Å². The molecule has 0 aromatic heterocycles. The second-order valence-electron chi connectivity index (χ2n) is 6.90. The molecule has 2 heteroatoms. The van der Waals surface area contributed by atoms with Gasteiger partial charge in [0, 0.05) is 5.56 Å². The van der Waals surface area contributed by atoms with Gasteiger partial charge >= 0.3 is 0 Å². The van der Waals surface area contributed by atoms with E-state index in [0.717, 1.165) is 36.8 Å². The van der Waals surface area contributed by atoms with Gasteiger partial charge in [-0.15, -0.1) is 0 Å². The van der Waals surface area contributed by atoms with Crippen molar-refractivity contribution in [3.05, 3.63) is 59.2 Å². The predicted octanol–water partition coefficient (Wildman–Crippen LogP) is 4.96. The lowest BCUT2D eigenvalue weighted by atomic mass is 9.82. The van der Waals surface area contributed by atoms with Crippen LogP contribution in [0.3, 0.4) is 0 Å². The van der Waals surface area contributed by atoms with E-state index in [9.17, 15) is 10.2 Å². The van der Waals surface area contributed by atoms with Gasteiger partial charge in [-0.05, 0) is 48.3 Å². The Morgan fingerprint density at radius 2 is 1.45 bits per heavy atom. The molecule has 0 aliphatic heterocycles. The van der Waals surface area contributed by atoms with Crippen molar-refractivity contribution in [2.24, 2.45) is 0 Å². The summed E-state index contributed by atoms with van der Waals surface area (Å²) in [4.78, 5) is 0. The SMILES string of the molecule is CC(C)(C)c1ccc(O)c(O)c1CCCCc1ccccc1. The van der Waals surface area contributed by atoms with Crippen molar-refractivity contribution in [3.8, 4) is 11.5 Å². The van der Waals surface area contributed by atoms with Crippen LogP contribution in [0.15, 0.2) is 42.5 Å². The van der Waals surface area contributed by atoms with Crippen molar-refractivity contribution >= 4 is 0 Å². The lowest BCUT2D eigenvalue weighted by Crippen LogP contribution is -2.14. The maximum absolute atomic E-state index is 10.2. The Hall–Kier alpha value is -1.96. The summed E-state index contributed by atoms with van der Waals surface area (Å²) in [5.41, 5.74) is 3.31. The first-order valence-electron chi connectivity index (χ1n) is 7.98. The third kappa shape index (κ3) is 4.03. The van der Waals surface area contributed by atoms with Crippen LogP contribution >= 0.6 is 0 Å². The summed E-state index contributed by atoms with van der Waals surface area (Å²) in [6.07, 6.45) is 3.91. The smallest absolute Gasteiger partial charge is 0.160 e. The average Bonchev–Trinajstić information content (AvgIpc) is 2.47. The van der Waals surface area contributed by atoms with Gasteiger partial charge in [0.15, 0.2) is 11.5 Å². The van der Waals surface area contributed by atoms with Gasteiger partial charge in [-0.3, -0.25) is 0 Å². The van der Waals surface area contributed by atoms with Crippen molar-refractivity contribution in [2.45, 2.75) is 51.9 Å². The fourth-order valence-corrected chi connectivity index (χ4v) is 2.86. The van der Waals surface area contributed by atoms with Crippen molar-refractivity contribution in [1.82, 2.24) is 0 Å². The summed E-state index contributed by atoms with van der Waals surface area (Å²) in [6.45, 7) is 6.39. The number of unbranched alkanes of at least 4 members (excludes halogenated alkanes) is 1. The number of phenols is 2. The molecule has 0 aliphatic rings. The summed E-state index contributed by atoms with van der Waals surface area (Å²) in [5.74, 6) is 0.0261. The minimum absolute atomic E-state index is 0.0222. The van der Waals surface area contributed by atoms with Gasteiger partial charge in [-0.2, -0.15) is 0 Å². The van der Waals surface area contributed by atoms with E-state index in [1.807, 2.05) is 12.1 Å². The number of hydrogen-bond acceptors (Lipinski definition) is 2. The fourth-order valence-electron chi connectivity index (χ4n) is 2.86. The lowest BCUT2D eigenvalue weighted by Gasteiger charge is -2.24. The summed E-state index contributed by atoms with van der Waals surface area (Å²) < 4.78 is 0. The first-order chi connectivity index (χ1) is 10.4. The third-order valence-corrected chi connectivity index (χ3v) is 4.05. The van der Waals surface area contributed by atoms with E-state index in [-0.39, 0.29) is 16.9 Å². The van der Waals surface area contributed by atoms with Gasteiger partial charge in [-0.25, -0.2) is 0 Å². The quantitative estimate of drug-likeness (QED) is 0.605. The Bertz CT molecular complexity index is 610. The molecule has 0 spiro atoms. The summed E-state index contributed by atoms with van der Waals surface area (Å²) in [6, 6.07) is 14.0. The zero-order valence-corrected chi connectivity index (χ0v) is 13.8. The van der Waals surface area contributed by atoms with Gasteiger partial charge in [0.1, 0.15) is 0 Å². The Balaban J connectivity index is 2.04. The second kappa shape index (κ2) is 6.87. The molecule has 0 atom stereocenters. The minimum atomic E-state index is -0.0417. The largest absolute Gasteiger partial charge is 0.504 e. The highest BCUT2D eigenvalue weighted by molar-refractivity contribution is 5.51. The van der Waals surface area contributed by atoms with E-state index >= 15 is 0 Å². The fraction of sp³-hybridized carbons (Fsp3) is 0.400. The van der Waals surface area contributed by atoms with Crippen LogP contribution in [0.2, 0.25) is 0 Å². The zero-order valence-electron chi connectivity index (χ0n) is 13.8. The number of aryl methyl sites for hydroxylation is 1. The molecule has 0 saturated carbocycles. The maximum atomic E-state index is 10.2. The molecule has 0 amide bonds. The van der Waals surface area contributed by atoms with Crippen LogP contribution < -0.4 is 0 Å². The highest BCUT2D eigenvalue weighted by Crippen LogP contribution is 2.37. The van der Waals surface area contributed by atoms with Crippen LogP contribution in [0.25, 0.3) is 0 Å². The van der Waals surface area contributed by atoms with Crippen LogP contribution in [0.5, 0.6) is 11.5 Å². The molecular weight excluding hydrogens is 272 g/mol. The van der Waals surface area contributed by atoms with Gasteiger partial charge in [0.2, 0.25) is 0 Å². The number of rotatable bonds is 5. The summed E-state index contributed by atoms with van der Waals surface area (Å²) in [7, 11) is 0. The molecule has 2 rings (SSSR count). The molecule has 0 bridgehead atoms.